The first-order chi connectivity index (χ1) is 12.9. The maximum absolute atomic E-state index is 13.1. The Bertz CT molecular complexity index is 630. The van der Waals surface area contributed by atoms with Gasteiger partial charge in [-0.25, -0.2) is 0 Å². The Balaban J connectivity index is 1.52. The summed E-state index contributed by atoms with van der Waals surface area (Å²) in [5, 5.41) is 10.8. The van der Waals surface area contributed by atoms with Crippen LogP contribution in [0.1, 0.15) is 64.0 Å². The van der Waals surface area contributed by atoms with Crippen molar-refractivity contribution in [2.24, 2.45) is 5.41 Å². The molecule has 3 rings (SSSR count). The SMILES string of the molecule is CCc1ccc(CCN2CCC3(CCC(O)(COC(C)C)CC3)C2=O)cc1. The van der Waals surface area contributed by atoms with E-state index in [0.29, 0.717) is 25.4 Å². The molecule has 1 heterocycles. The van der Waals surface area contributed by atoms with E-state index in [-0.39, 0.29) is 11.5 Å². The van der Waals surface area contributed by atoms with Crippen LogP contribution in [0.2, 0.25) is 0 Å². The zero-order valence-electron chi connectivity index (χ0n) is 17.2. The number of ether oxygens (including phenoxy) is 1. The predicted octanol–water partition coefficient (Wildman–Crippen LogP) is 3.74. The first kappa shape index (κ1) is 20.3. The summed E-state index contributed by atoms with van der Waals surface area (Å²) in [5.74, 6) is 0.305. The van der Waals surface area contributed by atoms with Gasteiger partial charge in [-0.15, -0.1) is 0 Å². The number of carbonyl (C=O) groups is 1. The van der Waals surface area contributed by atoms with Crippen molar-refractivity contribution in [2.45, 2.75) is 77.4 Å². The summed E-state index contributed by atoms with van der Waals surface area (Å²) in [6, 6.07) is 8.74. The lowest BCUT2D eigenvalue weighted by Gasteiger charge is -2.41. The molecular weight excluding hydrogens is 338 g/mol. The third-order valence-corrected chi connectivity index (χ3v) is 6.53. The Morgan fingerprint density at radius 1 is 1.07 bits per heavy atom. The highest BCUT2D eigenvalue weighted by Crippen LogP contribution is 2.47. The first-order valence-electron chi connectivity index (χ1n) is 10.6. The number of likely N-dealkylation sites (tertiary alicyclic amines) is 1. The number of carbonyl (C=O) groups excluding carboxylic acids is 1. The maximum Gasteiger partial charge on any atom is 0.228 e. The van der Waals surface area contributed by atoms with E-state index in [1.54, 1.807) is 0 Å². The molecule has 150 valence electrons. The second kappa shape index (κ2) is 8.32. The number of aryl methyl sites for hydroxylation is 1. The molecule has 4 heteroatoms. The molecule has 1 aliphatic heterocycles. The Morgan fingerprint density at radius 3 is 2.30 bits per heavy atom. The van der Waals surface area contributed by atoms with E-state index in [0.717, 1.165) is 45.2 Å². The molecule has 1 aromatic carbocycles. The topological polar surface area (TPSA) is 49.8 Å². The molecule has 1 aromatic rings. The monoisotopic (exact) mass is 373 g/mol. The molecule has 4 nitrogen and oxygen atoms in total. The summed E-state index contributed by atoms with van der Waals surface area (Å²) in [7, 11) is 0. The first-order valence-corrected chi connectivity index (χ1v) is 10.6. The molecule has 1 N–H and O–H groups in total. The van der Waals surface area contributed by atoms with Gasteiger partial charge in [-0.1, -0.05) is 31.2 Å². The van der Waals surface area contributed by atoms with Crippen molar-refractivity contribution in [3.8, 4) is 0 Å². The van der Waals surface area contributed by atoms with Crippen molar-refractivity contribution in [2.75, 3.05) is 19.7 Å². The molecule has 2 fully saturated rings. The van der Waals surface area contributed by atoms with Gasteiger partial charge in [0.25, 0.3) is 0 Å². The summed E-state index contributed by atoms with van der Waals surface area (Å²) >= 11 is 0. The molecule has 0 unspecified atom stereocenters. The highest BCUT2D eigenvalue weighted by atomic mass is 16.5. The van der Waals surface area contributed by atoms with Crippen LogP contribution in [0.4, 0.5) is 0 Å². The molecule has 1 aliphatic carbocycles. The van der Waals surface area contributed by atoms with Crippen molar-refractivity contribution < 1.29 is 14.6 Å². The third-order valence-electron chi connectivity index (χ3n) is 6.53. The minimum absolute atomic E-state index is 0.125. The van der Waals surface area contributed by atoms with Crippen LogP contribution in [-0.4, -0.2) is 47.3 Å². The number of benzene rings is 1. The maximum atomic E-state index is 13.1. The van der Waals surface area contributed by atoms with Gasteiger partial charge >= 0.3 is 0 Å². The molecule has 1 spiro atoms. The average Bonchev–Trinajstić information content (AvgIpc) is 2.98. The standard InChI is InChI=1S/C23H35NO3/c1-4-19-5-7-20(8-6-19)9-15-24-16-14-22(21(24)25)10-12-23(26,13-11-22)17-27-18(2)3/h5-8,18,26H,4,9-17H2,1-3H3. The van der Waals surface area contributed by atoms with Crippen molar-refractivity contribution in [3.05, 3.63) is 35.4 Å². The molecule has 1 saturated carbocycles. The Kier molecular flexibility index (Phi) is 6.27. The predicted molar refractivity (Wildman–Crippen MR) is 108 cm³/mol. The van der Waals surface area contributed by atoms with E-state index in [1.165, 1.54) is 11.1 Å². The number of amides is 1. The molecule has 1 saturated heterocycles. The summed E-state index contributed by atoms with van der Waals surface area (Å²) < 4.78 is 5.64. The van der Waals surface area contributed by atoms with Gasteiger partial charge < -0.3 is 14.7 Å². The van der Waals surface area contributed by atoms with Gasteiger partial charge in [-0.3, -0.25) is 4.79 Å². The van der Waals surface area contributed by atoms with Crippen LogP contribution in [0.15, 0.2) is 24.3 Å². The van der Waals surface area contributed by atoms with Crippen molar-refractivity contribution in [1.82, 2.24) is 4.90 Å². The molecule has 0 radical (unpaired) electrons. The van der Waals surface area contributed by atoms with Gasteiger partial charge in [0.15, 0.2) is 0 Å². The molecular formula is C23H35NO3. The smallest absolute Gasteiger partial charge is 0.228 e. The molecule has 0 aromatic heterocycles. The zero-order valence-corrected chi connectivity index (χ0v) is 17.2. The molecule has 0 atom stereocenters. The highest BCUT2D eigenvalue weighted by Gasteiger charge is 2.51. The lowest BCUT2D eigenvalue weighted by molar-refractivity contribution is -0.144. The number of hydrogen-bond donors (Lipinski definition) is 1. The van der Waals surface area contributed by atoms with Crippen LogP contribution >= 0.6 is 0 Å². The van der Waals surface area contributed by atoms with Gasteiger partial charge in [0.05, 0.1) is 23.7 Å². The van der Waals surface area contributed by atoms with Crippen molar-refractivity contribution in [1.29, 1.82) is 0 Å². The van der Waals surface area contributed by atoms with Crippen molar-refractivity contribution >= 4 is 5.91 Å². The minimum Gasteiger partial charge on any atom is -0.387 e. The quantitative estimate of drug-likeness (QED) is 0.792. The van der Waals surface area contributed by atoms with Crippen LogP contribution in [-0.2, 0) is 22.4 Å². The Morgan fingerprint density at radius 2 is 1.70 bits per heavy atom. The Labute approximate surface area is 163 Å². The average molecular weight is 374 g/mol. The van der Waals surface area contributed by atoms with E-state index in [4.69, 9.17) is 4.74 Å². The minimum atomic E-state index is -0.760. The normalized spacial score (nSPS) is 28.5. The molecule has 1 amide bonds. The summed E-state index contributed by atoms with van der Waals surface area (Å²) in [5.41, 5.74) is 1.65. The second-order valence-electron chi connectivity index (χ2n) is 8.83. The van der Waals surface area contributed by atoms with Gasteiger partial charge in [-0.2, -0.15) is 0 Å². The van der Waals surface area contributed by atoms with E-state index in [1.807, 2.05) is 18.7 Å². The van der Waals surface area contributed by atoms with Gasteiger partial charge in [-0.05, 0) is 69.9 Å². The largest absolute Gasteiger partial charge is 0.387 e. The van der Waals surface area contributed by atoms with Gasteiger partial charge in [0, 0.05) is 13.1 Å². The Hall–Kier alpha value is -1.39. The van der Waals surface area contributed by atoms with Crippen molar-refractivity contribution in [3.63, 3.8) is 0 Å². The lowest BCUT2D eigenvalue weighted by Crippen LogP contribution is -2.46. The van der Waals surface area contributed by atoms with Crippen LogP contribution in [0.3, 0.4) is 0 Å². The van der Waals surface area contributed by atoms with Crippen LogP contribution < -0.4 is 0 Å². The number of nitrogens with zero attached hydrogens (tertiary/aromatic N) is 1. The second-order valence-corrected chi connectivity index (χ2v) is 8.83. The summed E-state index contributed by atoms with van der Waals surface area (Å²) in [6.07, 6.45) is 5.92. The fourth-order valence-corrected chi connectivity index (χ4v) is 4.44. The fourth-order valence-electron chi connectivity index (χ4n) is 4.44. The van der Waals surface area contributed by atoms with Crippen LogP contribution in [0.5, 0.6) is 0 Å². The van der Waals surface area contributed by atoms with E-state index >= 15 is 0 Å². The molecule has 0 bridgehead atoms. The number of rotatable bonds is 7. The van der Waals surface area contributed by atoms with Gasteiger partial charge in [0.2, 0.25) is 5.91 Å². The lowest BCUT2D eigenvalue weighted by atomic mass is 9.68. The van der Waals surface area contributed by atoms with E-state index in [2.05, 4.69) is 31.2 Å². The van der Waals surface area contributed by atoms with E-state index in [9.17, 15) is 9.90 Å². The molecule has 2 aliphatic rings. The summed E-state index contributed by atoms with van der Waals surface area (Å²) in [6.45, 7) is 8.17. The highest BCUT2D eigenvalue weighted by molar-refractivity contribution is 5.85. The van der Waals surface area contributed by atoms with Crippen LogP contribution in [0.25, 0.3) is 0 Å². The van der Waals surface area contributed by atoms with Crippen LogP contribution in [0, 0.1) is 5.41 Å². The van der Waals surface area contributed by atoms with E-state index < -0.39 is 5.60 Å². The fraction of sp³-hybridized carbons (Fsp3) is 0.696. The summed E-state index contributed by atoms with van der Waals surface area (Å²) in [4.78, 5) is 15.1. The van der Waals surface area contributed by atoms with Gasteiger partial charge in [0.1, 0.15) is 0 Å². The molecule has 27 heavy (non-hydrogen) atoms. The zero-order chi connectivity index (χ0) is 19.5. The number of aliphatic hydroxyl groups is 1. The third kappa shape index (κ3) is 4.72. The number of hydrogen-bond acceptors (Lipinski definition) is 3.